The first kappa shape index (κ1) is 21.0. The molecule has 0 saturated carbocycles. The summed E-state index contributed by atoms with van der Waals surface area (Å²) in [5, 5.41) is 9.60. The van der Waals surface area contributed by atoms with E-state index in [1.807, 2.05) is 30.3 Å². The molecular formula is C22H17F3N6O. The summed E-state index contributed by atoms with van der Waals surface area (Å²) < 4.78 is 40.1. The number of hydrogen-bond donors (Lipinski definition) is 2. The van der Waals surface area contributed by atoms with E-state index in [1.165, 1.54) is 12.1 Å². The Morgan fingerprint density at radius 3 is 2.44 bits per heavy atom. The third kappa shape index (κ3) is 4.91. The molecule has 0 aliphatic carbocycles. The molecule has 0 bridgehead atoms. The summed E-state index contributed by atoms with van der Waals surface area (Å²) in [5.74, 6) is -0.202. The maximum absolute atomic E-state index is 12.8. The van der Waals surface area contributed by atoms with Crippen LogP contribution in [-0.4, -0.2) is 25.8 Å². The minimum Gasteiger partial charge on any atom is -0.334 e. The van der Waals surface area contributed by atoms with Gasteiger partial charge in [-0.15, -0.1) is 0 Å². The predicted molar refractivity (Wildman–Crippen MR) is 112 cm³/mol. The first-order valence-corrected chi connectivity index (χ1v) is 9.53. The van der Waals surface area contributed by atoms with Crippen LogP contribution in [0.5, 0.6) is 0 Å². The number of urea groups is 1. The molecule has 0 radical (unpaired) electrons. The number of halogens is 3. The van der Waals surface area contributed by atoms with Crippen LogP contribution in [0.3, 0.4) is 0 Å². The fourth-order valence-electron chi connectivity index (χ4n) is 3.00. The van der Waals surface area contributed by atoms with Crippen molar-refractivity contribution in [3.63, 3.8) is 0 Å². The van der Waals surface area contributed by atoms with Crippen LogP contribution in [0.4, 0.5) is 23.8 Å². The number of rotatable bonds is 5. The molecular weight excluding hydrogens is 421 g/mol. The summed E-state index contributed by atoms with van der Waals surface area (Å²) >= 11 is 0. The first-order chi connectivity index (χ1) is 15.4. The number of anilines is 1. The molecule has 32 heavy (non-hydrogen) atoms. The molecule has 3 heterocycles. The van der Waals surface area contributed by atoms with Crippen LogP contribution in [0, 0.1) is 0 Å². The fraction of sp³-hybridized carbons (Fsp3) is 0.0909. The Bertz CT molecular complexity index is 1210. The second kappa shape index (κ2) is 8.88. The Morgan fingerprint density at radius 2 is 1.72 bits per heavy atom. The number of alkyl halides is 3. The highest BCUT2D eigenvalue weighted by molar-refractivity contribution is 5.88. The molecule has 3 aromatic heterocycles. The number of pyridine rings is 2. The van der Waals surface area contributed by atoms with Gasteiger partial charge in [-0.2, -0.15) is 18.3 Å². The highest BCUT2D eigenvalue weighted by Crippen LogP contribution is 2.28. The molecule has 7 nitrogen and oxygen atoms in total. The molecule has 4 rings (SSSR count). The standard InChI is InChI=1S/C22H17F3N6O/c23-22(24,25)18-7-4-8-19(28-18)29-21(32)27-13-16-14-31(17-5-2-1-3-6-17)30-20(16)15-9-11-26-12-10-15/h1-12,14H,13H2,(H2,27,28,29,32). The maximum Gasteiger partial charge on any atom is 0.433 e. The van der Waals surface area contributed by atoms with E-state index < -0.39 is 17.9 Å². The number of carbonyl (C=O) groups is 1. The highest BCUT2D eigenvalue weighted by atomic mass is 19.4. The number of nitrogens with one attached hydrogen (secondary N) is 2. The largest absolute Gasteiger partial charge is 0.433 e. The number of benzene rings is 1. The molecule has 0 atom stereocenters. The van der Waals surface area contributed by atoms with Crippen molar-refractivity contribution >= 4 is 11.8 Å². The number of nitrogens with zero attached hydrogens (tertiary/aromatic N) is 4. The van der Waals surface area contributed by atoms with E-state index in [9.17, 15) is 18.0 Å². The van der Waals surface area contributed by atoms with E-state index in [-0.39, 0.29) is 12.4 Å². The molecule has 0 aliphatic heterocycles. The molecule has 1 aromatic carbocycles. The van der Waals surface area contributed by atoms with Gasteiger partial charge in [0, 0.05) is 36.3 Å². The Labute approximate surface area is 181 Å². The minimum atomic E-state index is -4.60. The molecule has 0 aliphatic rings. The average molecular weight is 438 g/mol. The van der Waals surface area contributed by atoms with Crippen molar-refractivity contribution in [1.29, 1.82) is 0 Å². The van der Waals surface area contributed by atoms with E-state index in [1.54, 1.807) is 35.4 Å². The topological polar surface area (TPSA) is 84.7 Å². The fourth-order valence-corrected chi connectivity index (χ4v) is 3.00. The van der Waals surface area contributed by atoms with Gasteiger partial charge in [0.05, 0.1) is 11.4 Å². The second-order valence-electron chi connectivity index (χ2n) is 6.73. The van der Waals surface area contributed by atoms with E-state index in [0.717, 1.165) is 17.3 Å². The second-order valence-corrected chi connectivity index (χ2v) is 6.73. The minimum absolute atomic E-state index is 0.0925. The summed E-state index contributed by atoms with van der Waals surface area (Å²) in [5.41, 5.74) is 1.93. The Kier molecular flexibility index (Phi) is 5.84. The molecule has 0 fully saturated rings. The van der Waals surface area contributed by atoms with Gasteiger partial charge in [-0.25, -0.2) is 14.5 Å². The summed E-state index contributed by atoms with van der Waals surface area (Å²) in [6.45, 7) is 0.0925. The molecule has 0 spiro atoms. The van der Waals surface area contributed by atoms with Gasteiger partial charge in [-0.1, -0.05) is 24.3 Å². The number of carbonyl (C=O) groups excluding carboxylic acids is 1. The Hall–Kier alpha value is -4.21. The quantitative estimate of drug-likeness (QED) is 0.474. The van der Waals surface area contributed by atoms with Crippen molar-refractivity contribution in [3.05, 3.63) is 90.5 Å². The summed E-state index contributed by atoms with van der Waals surface area (Å²) in [4.78, 5) is 19.7. The van der Waals surface area contributed by atoms with Gasteiger partial charge in [-0.3, -0.25) is 10.3 Å². The summed E-state index contributed by atoms with van der Waals surface area (Å²) in [6.07, 6.45) is 0.466. The molecule has 162 valence electrons. The maximum atomic E-state index is 12.8. The van der Waals surface area contributed by atoms with Crippen LogP contribution in [0.2, 0.25) is 0 Å². The molecule has 2 amide bonds. The average Bonchev–Trinajstić information content (AvgIpc) is 3.23. The van der Waals surface area contributed by atoms with Crippen LogP contribution in [0.15, 0.2) is 79.3 Å². The van der Waals surface area contributed by atoms with E-state index >= 15 is 0 Å². The number of aromatic nitrogens is 4. The van der Waals surface area contributed by atoms with Crippen LogP contribution in [-0.2, 0) is 12.7 Å². The predicted octanol–water partition coefficient (Wildman–Crippen LogP) is 4.67. The molecule has 10 heteroatoms. The summed E-state index contributed by atoms with van der Waals surface area (Å²) in [7, 11) is 0. The number of para-hydroxylation sites is 1. The Morgan fingerprint density at radius 1 is 0.969 bits per heavy atom. The smallest absolute Gasteiger partial charge is 0.334 e. The van der Waals surface area contributed by atoms with Gasteiger partial charge in [0.2, 0.25) is 0 Å². The SMILES string of the molecule is O=C(NCc1cn(-c2ccccc2)nc1-c1ccncc1)Nc1cccc(C(F)(F)F)n1. The third-order valence-corrected chi connectivity index (χ3v) is 4.49. The van der Waals surface area contributed by atoms with Crippen molar-refractivity contribution in [3.8, 4) is 16.9 Å². The Balaban J connectivity index is 1.52. The zero-order chi connectivity index (χ0) is 22.6. The lowest BCUT2D eigenvalue weighted by molar-refractivity contribution is -0.141. The van der Waals surface area contributed by atoms with Gasteiger partial charge in [0.1, 0.15) is 11.5 Å². The van der Waals surface area contributed by atoms with E-state index in [2.05, 4.69) is 25.7 Å². The monoisotopic (exact) mass is 438 g/mol. The van der Waals surface area contributed by atoms with Crippen molar-refractivity contribution in [2.24, 2.45) is 0 Å². The molecule has 4 aromatic rings. The van der Waals surface area contributed by atoms with Gasteiger partial charge in [0.25, 0.3) is 0 Å². The van der Waals surface area contributed by atoms with Crippen LogP contribution < -0.4 is 10.6 Å². The lowest BCUT2D eigenvalue weighted by Gasteiger charge is -2.10. The van der Waals surface area contributed by atoms with Crippen molar-refractivity contribution < 1.29 is 18.0 Å². The zero-order valence-corrected chi connectivity index (χ0v) is 16.5. The lowest BCUT2D eigenvalue weighted by Crippen LogP contribution is -2.29. The molecule has 0 saturated heterocycles. The van der Waals surface area contributed by atoms with E-state index in [4.69, 9.17) is 0 Å². The van der Waals surface area contributed by atoms with Crippen molar-refractivity contribution in [1.82, 2.24) is 25.1 Å². The lowest BCUT2D eigenvalue weighted by atomic mass is 10.1. The van der Waals surface area contributed by atoms with Crippen molar-refractivity contribution in [2.75, 3.05) is 5.32 Å². The zero-order valence-electron chi connectivity index (χ0n) is 16.5. The van der Waals surface area contributed by atoms with Crippen LogP contribution >= 0.6 is 0 Å². The van der Waals surface area contributed by atoms with Gasteiger partial charge in [0.15, 0.2) is 0 Å². The van der Waals surface area contributed by atoms with Gasteiger partial charge < -0.3 is 5.32 Å². The normalized spacial score (nSPS) is 11.2. The van der Waals surface area contributed by atoms with Crippen molar-refractivity contribution in [2.45, 2.75) is 12.7 Å². The van der Waals surface area contributed by atoms with Gasteiger partial charge in [-0.05, 0) is 36.4 Å². The summed E-state index contributed by atoms with van der Waals surface area (Å²) in [6, 6.07) is 15.7. The van der Waals surface area contributed by atoms with E-state index in [0.29, 0.717) is 11.3 Å². The number of hydrogen-bond acceptors (Lipinski definition) is 4. The highest BCUT2D eigenvalue weighted by Gasteiger charge is 2.32. The first-order valence-electron chi connectivity index (χ1n) is 9.53. The molecule has 0 unspecified atom stereocenters. The third-order valence-electron chi connectivity index (χ3n) is 4.49. The van der Waals surface area contributed by atoms with Crippen LogP contribution in [0.1, 0.15) is 11.3 Å². The molecule has 2 N–H and O–H groups in total. The number of amides is 2. The van der Waals surface area contributed by atoms with Gasteiger partial charge >= 0.3 is 12.2 Å². The van der Waals surface area contributed by atoms with Crippen LogP contribution in [0.25, 0.3) is 16.9 Å².